The van der Waals surface area contributed by atoms with Crippen LogP contribution in [0, 0.1) is 0 Å². The zero-order valence-electron chi connectivity index (χ0n) is 12.8. The topological polar surface area (TPSA) is 3.24 Å². The lowest BCUT2D eigenvalue weighted by Gasteiger charge is -2.37. The van der Waals surface area contributed by atoms with Gasteiger partial charge in [0.05, 0.1) is 5.54 Å². The van der Waals surface area contributed by atoms with E-state index in [1.54, 1.807) is 0 Å². The Bertz CT molecular complexity index is 456. The normalized spacial score (nSPS) is 19.3. The summed E-state index contributed by atoms with van der Waals surface area (Å²) < 4.78 is 0. The van der Waals surface area contributed by atoms with E-state index >= 15 is 0 Å². The first-order valence-corrected chi connectivity index (χ1v) is 6.60. The average molecular weight is 255 g/mol. The van der Waals surface area contributed by atoms with Gasteiger partial charge >= 0.3 is 0 Å². The summed E-state index contributed by atoms with van der Waals surface area (Å²) in [6.07, 6.45) is 12.0. The Morgan fingerprint density at radius 3 is 1.53 bits per heavy atom. The van der Waals surface area contributed by atoms with Crippen LogP contribution in [0.5, 0.6) is 0 Å². The number of nitrogens with zero attached hydrogens (tertiary/aromatic N) is 1. The Labute approximate surface area is 118 Å². The standard InChI is InChI=1S/C18H25N/c1-8-10-12-16-14(3)15(4)17(13-11-9-2)18(16,5)19(6)7/h8-13H,1-2H2,3-7H3/b12-10-,13-11-. The van der Waals surface area contributed by atoms with Crippen LogP contribution in [0.15, 0.2) is 71.9 Å². The highest BCUT2D eigenvalue weighted by molar-refractivity contribution is 5.62. The molecule has 0 aromatic rings. The van der Waals surface area contributed by atoms with Crippen molar-refractivity contribution in [3.05, 3.63) is 71.9 Å². The fourth-order valence-corrected chi connectivity index (χ4v) is 2.66. The third kappa shape index (κ3) is 2.57. The molecule has 1 nitrogen and oxygen atoms in total. The quantitative estimate of drug-likeness (QED) is 0.657. The molecular formula is C18H25N. The van der Waals surface area contributed by atoms with Gasteiger partial charge in [-0.15, -0.1) is 0 Å². The molecule has 0 spiro atoms. The second-order valence-electron chi connectivity index (χ2n) is 5.23. The maximum Gasteiger partial charge on any atom is 0.0687 e. The number of hydrogen-bond acceptors (Lipinski definition) is 1. The molecule has 0 bridgehead atoms. The molecular weight excluding hydrogens is 230 g/mol. The number of likely N-dealkylation sites (N-methyl/N-ethyl adjacent to an activating group) is 1. The van der Waals surface area contributed by atoms with E-state index in [-0.39, 0.29) is 5.54 Å². The van der Waals surface area contributed by atoms with Gasteiger partial charge in [0.25, 0.3) is 0 Å². The van der Waals surface area contributed by atoms with Gasteiger partial charge in [-0.2, -0.15) is 0 Å². The Kier molecular flexibility index (Phi) is 4.90. The van der Waals surface area contributed by atoms with Gasteiger partial charge in [-0.3, -0.25) is 4.90 Å². The van der Waals surface area contributed by atoms with Crippen LogP contribution < -0.4 is 0 Å². The maximum atomic E-state index is 3.76. The van der Waals surface area contributed by atoms with E-state index in [1.165, 1.54) is 22.3 Å². The first-order chi connectivity index (χ1) is 8.91. The van der Waals surface area contributed by atoms with Gasteiger partial charge in [-0.05, 0) is 57.2 Å². The van der Waals surface area contributed by atoms with E-state index in [0.717, 1.165) is 0 Å². The van der Waals surface area contributed by atoms with Crippen molar-refractivity contribution in [2.24, 2.45) is 0 Å². The molecule has 0 atom stereocenters. The van der Waals surface area contributed by atoms with Crippen molar-refractivity contribution in [1.29, 1.82) is 0 Å². The van der Waals surface area contributed by atoms with Crippen molar-refractivity contribution in [1.82, 2.24) is 4.90 Å². The van der Waals surface area contributed by atoms with Crippen LogP contribution in [0.2, 0.25) is 0 Å². The lowest BCUT2D eigenvalue weighted by molar-refractivity contribution is 0.267. The monoisotopic (exact) mass is 255 g/mol. The molecule has 0 aromatic carbocycles. The number of rotatable bonds is 5. The summed E-state index contributed by atoms with van der Waals surface area (Å²) in [6, 6.07) is 0. The van der Waals surface area contributed by atoms with Crippen LogP contribution in [0.3, 0.4) is 0 Å². The third-order valence-corrected chi connectivity index (χ3v) is 4.11. The molecule has 0 unspecified atom stereocenters. The van der Waals surface area contributed by atoms with Crippen LogP contribution in [-0.2, 0) is 0 Å². The van der Waals surface area contributed by atoms with Crippen LogP contribution in [0.25, 0.3) is 0 Å². The predicted octanol–water partition coefficient (Wildman–Crippen LogP) is 4.44. The first kappa shape index (κ1) is 15.5. The minimum atomic E-state index is -0.104. The summed E-state index contributed by atoms with van der Waals surface area (Å²) in [7, 11) is 4.24. The summed E-state index contributed by atoms with van der Waals surface area (Å²) in [5.74, 6) is 0. The second-order valence-corrected chi connectivity index (χ2v) is 5.23. The molecule has 0 fully saturated rings. The minimum absolute atomic E-state index is 0.104. The molecule has 0 radical (unpaired) electrons. The third-order valence-electron chi connectivity index (χ3n) is 4.11. The van der Waals surface area contributed by atoms with Crippen LogP contribution in [0.1, 0.15) is 20.8 Å². The molecule has 102 valence electrons. The molecule has 0 heterocycles. The SMILES string of the molecule is C=C/C=C\C1=C(C)C(C)=C(/C=C\C=C)C1(C)N(C)C. The van der Waals surface area contributed by atoms with Crippen LogP contribution in [0.4, 0.5) is 0 Å². The highest BCUT2D eigenvalue weighted by Crippen LogP contribution is 2.44. The molecule has 1 rings (SSSR count). The maximum absolute atomic E-state index is 3.76. The summed E-state index contributed by atoms with van der Waals surface area (Å²) in [6.45, 7) is 14.2. The van der Waals surface area contributed by atoms with Gasteiger partial charge in [-0.1, -0.05) is 49.6 Å². The summed E-state index contributed by atoms with van der Waals surface area (Å²) in [5.41, 5.74) is 5.25. The molecule has 1 aliphatic rings. The zero-order chi connectivity index (χ0) is 14.6. The van der Waals surface area contributed by atoms with Crippen molar-refractivity contribution in [3.63, 3.8) is 0 Å². The minimum Gasteiger partial charge on any atom is -0.296 e. The smallest absolute Gasteiger partial charge is 0.0687 e. The summed E-state index contributed by atoms with van der Waals surface area (Å²) in [4.78, 5) is 2.26. The summed E-state index contributed by atoms with van der Waals surface area (Å²) >= 11 is 0. The van der Waals surface area contributed by atoms with Crippen molar-refractivity contribution in [2.75, 3.05) is 14.1 Å². The van der Waals surface area contributed by atoms with Gasteiger partial charge in [-0.25, -0.2) is 0 Å². The fourth-order valence-electron chi connectivity index (χ4n) is 2.66. The Morgan fingerprint density at radius 1 is 0.895 bits per heavy atom. The van der Waals surface area contributed by atoms with Gasteiger partial charge in [0, 0.05) is 0 Å². The van der Waals surface area contributed by atoms with Crippen LogP contribution in [-0.4, -0.2) is 24.5 Å². The number of allylic oxidation sites excluding steroid dienone is 6. The van der Waals surface area contributed by atoms with Crippen LogP contribution >= 0.6 is 0 Å². The highest BCUT2D eigenvalue weighted by Gasteiger charge is 2.40. The van der Waals surface area contributed by atoms with Gasteiger partial charge in [0.1, 0.15) is 0 Å². The van der Waals surface area contributed by atoms with E-state index in [9.17, 15) is 0 Å². The Morgan fingerprint density at radius 2 is 1.26 bits per heavy atom. The van der Waals surface area contributed by atoms with E-state index < -0.39 is 0 Å². The molecule has 0 N–H and O–H groups in total. The molecule has 19 heavy (non-hydrogen) atoms. The Hall–Kier alpha value is -1.60. The molecule has 0 aliphatic heterocycles. The van der Waals surface area contributed by atoms with Crippen molar-refractivity contribution in [2.45, 2.75) is 26.3 Å². The van der Waals surface area contributed by atoms with Crippen molar-refractivity contribution >= 4 is 0 Å². The van der Waals surface area contributed by atoms with Crippen molar-refractivity contribution in [3.8, 4) is 0 Å². The predicted molar refractivity (Wildman–Crippen MR) is 86.2 cm³/mol. The van der Waals surface area contributed by atoms with E-state index in [2.05, 4.69) is 65.1 Å². The lowest BCUT2D eigenvalue weighted by Crippen LogP contribution is -2.42. The van der Waals surface area contributed by atoms with Gasteiger partial charge < -0.3 is 0 Å². The van der Waals surface area contributed by atoms with E-state index in [4.69, 9.17) is 0 Å². The Balaban J connectivity index is 3.45. The second kappa shape index (κ2) is 6.03. The largest absolute Gasteiger partial charge is 0.296 e. The molecule has 0 amide bonds. The fraction of sp³-hybridized carbons (Fsp3) is 0.333. The molecule has 0 saturated heterocycles. The van der Waals surface area contributed by atoms with Gasteiger partial charge in [0.2, 0.25) is 0 Å². The molecule has 1 aliphatic carbocycles. The molecule has 1 heteroatoms. The summed E-state index contributed by atoms with van der Waals surface area (Å²) in [5, 5.41) is 0. The number of hydrogen-bond donors (Lipinski definition) is 0. The van der Waals surface area contributed by atoms with Gasteiger partial charge in [0.15, 0.2) is 0 Å². The molecule has 0 saturated carbocycles. The average Bonchev–Trinajstić information content (AvgIpc) is 2.55. The lowest BCUT2D eigenvalue weighted by atomic mass is 9.85. The first-order valence-electron chi connectivity index (χ1n) is 6.60. The van der Waals surface area contributed by atoms with E-state index in [1.807, 2.05) is 24.3 Å². The van der Waals surface area contributed by atoms with Crippen molar-refractivity contribution < 1.29 is 0 Å². The zero-order valence-corrected chi connectivity index (χ0v) is 12.8. The van der Waals surface area contributed by atoms with E-state index in [0.29, 0.717) is 0 Å². The highest BCUT2D eigenvalue weighted by atomic mass is 15.1. The molecule has 0 aromatic heterocycles.